The number of fused-ring (bicyclic) bond motifs is 1. The SMILES string of the molecule is c1ccc(Cn2ccnc2C2CCCN(c3ncnc4[nH]ccc34)C2)nc1. The largest absolute Gasteiger partial charge is 0.355 e. The molecule has 0 aliphatic carbocycles. The summed E-state index contributed by atoms with van der Waals surface area (Å²) in [5.74, 6) is 2.51. The highest BCUT2D eigenvalue weighted by atomic mass is 15.2. The van der Waals surface area contributed by atoms with Gasteiger partial charge < -0.3 is 14.5 Å². The highest BCUT2D eigenvalue weighted by Gasteiger charge is 2.26. The lowest BCUT2D eigenvalue weighted by molar-refractivity contribution is 0.474. The lowest BCUT2D eigenvalue weighted by Crippen LogP contribution is -2.36. The Balaban J connectivity index is 1.41. The topological polar surface area (TPSA) is 75.5 Å². The number of hydrogen-bond donors (Lipinski definition) is 1. The minimum absolute atomic E-state index is 0.376. The van der Waals surface area contributed by atoms with Crippen LogP contribution in [0.2, 0.25) is 0 Å². The van der Waals surface area contributed by atoms with E-state index in [0.717, 1.165) is 60.8 Å². The van der Waals surface area contributed by atoms with Crippen molar-refractivity contribution in [3.8, 4) is 0 Å². The van der Waals surface area contributed by atoms with Gasteiger partial charge in [-0.15, -0.1) is 0 Å². The summed E-state index contributed by atoms with van der Waals surface area (Å²) in [6.07, 6.45) is 11.6. The van der Waals surface area contributed by atoms with Gasteiger partial charge in [0.25, 0.3) is 0 Å². The maximum absolute atomic E-state index is 4.69. The molecule has 1 unspecified atom stereocenters. The van der Waals surface area contributed by atoms with E-state index < -0.39 is 0 Å². The number of piperidine rings is 1. The van der Waals surface area contributed by atoms with Crippen LogP contribution in [0.3, 0.4) is 0 Å². The Hall–Kier alpha value is -3.22. The summed E-state index contributed by atoms with van der Waals surface area (Å²) in [6.45, 7) is 2.67. The molecule has 1 atom stereocenters. The maximum Gasteiger partial charge on any atom is 0.142 e. The van der Waals surface area contributed by atoms with Crippen molar-refractivity contribution in [1.82, 2.24) is 29.5 Å². The number of nitrogens with zero attached hydrogens (tertiary/aromatic N) is 6. The van der Waals surface area contributed by atoms with Gasteiger partial charge in [-0.3, -0.25) is 4.98 Å². The van der Waals surface area contributed by atoms with Crippen molar-refractivity contribution in [1.29, 1.82) is 0 Å². The molecular formula is C20H21N7. The molecule has 1 saturated heterocycles. The molecule has 7 heteroatoms. The fourth-order valence-electron chi connectivity index (χ4n) is 3.97. The van der Waals surface area contributed by atoms with E-state index in [0.29, 0.717) is 5.92 Å². The Morgan fingerprint density at radius 2 is 2.07 bits per heavy atom. The quantitative estimate of drug-likeness (QED) is 0.606. The molecule has 0 radical (unpaired) electrons. The van der Waals surface area contributed by atoms with Crippen LogP contribution in [0.4, 0.5) is 5.82 Å². The van der Waals surface area contributed by atoms with Gasteiger partial charge in [-0.1, -0.05) is 6.07 Å². The molecule has 4 aromatic rings. The van der Waals surface area contributed by atoms with Crippen molar-refractivity contribution < 1.29 is 0 Å². The van der Waals surface area contributed by atoms with Crippen molar-refractivity contribution >= 4 is 16.9 Å². The summed E-state index contributed by atoms with van der Waals surface area (Å²) in [7, 11) is 0. The molecule has 136 valence electrons. The molecule has 7 nitrogen and oxygen atoms in total. The molecule has 0 spiro atoms. The van der Waals surface area contributed by atoms with Gasteiger partial charge in [0.05, 0.1) is 17.6 Å². The minimum atomic E-state index is 0.376. The highest BCUT2D eigenvalue weighted by molar-refractivity contribution is 5.87. The van der Waals surface area contributed by atoms with Crippen molar-refractivity contribution in [2.24, 2.45) is 0 Å². The first-order valence-electron chi connectivity index (χ1n) is 9.32. The molecule has 0 saturated carbocycles. The van der Waals surface area contributed by atoms with E-state index in [9.17, 15) is 0 Å². The van der Waals surface area contributed by atoms with Crippen LogP contribution in [0.25, 0.3) is 11.0 Å². The Labute approximate surface area is 157 Å². The molecule has 5 rings (SSSR count). The number of aromatic amines is 1. The number of pyridine rings is 1. The van der Waals surface area contributed by atoms with Crippen LogP contribution in [-0.4, -0.2) is 42.6 Å². The molecule has 0 bridgehead atoms. The fourth-order valence-corrected chi connectivity index (χ4v) is 3.97. The zero-order chi connectivity index (χ0) is 18.1. The first-order valence-corrected chi connectivity index (χ1v) is 9.32. The molecule has 0 aromatic carbocycles. The van der Waals surface area contributed by atoms with Crippen LogP contribution in [0, 0.1) is 0 Å². The maximum atomic E-state index is 4.69. The van der Waals surface area contributed by atoms with E-state index >= 15 is 0 Å². The number of aromatic nitrogens is 6. The molecule has 1 fully saturated rings. The minimum Gasteiger partial charge on any atom is -0.355 e. The third-order valence-corrected chi connectivity index (χ3v) is 5.23. The fraction of sp³-hybridized carbons (Fsp3) is 0.300. The van der Waals surface area contributed by atoms with Crippen LogP contribution in [-0.2, 0) is 6.54 Å². The average molecular weight is 359 g/mol. The van der Waals surface area contributed by atoms with Crippen molar-refractivity contribution in [3.63, 3.8) is 0 Å². The summed E-state index contributed by atoms with van der Waals surface area (Å²) in [5.41, 5.74) is 1.94. The van der Waals surface area contributed by atoms with E-state index in [1.807, 2.05) is 30.7 Å². The van der Waals surface area contributed by atoms with Gasteiger partial charge >= 0.3 is 0 Å². The number of anilines is 1. The van der Waals surface area contributed by atoms with Gasteiger partial charge in [0.2, 0.25) is 0 Å². The van der Waals surface area contributed by atoms with Gasteiger partial charge in [0, 0.05) is 43.8 Å². The van der Waals surface area contributed by atoms with Crippen molar-refractivity contribution in [2.45, 2.75) is 25.3 Å². The van der Waals surface area contributed by atoms with Crippen LogP contribution < -0.4 is 4.90 Å². The highest BCUT2D eigenvalue weighted by Crippen LogP contribution is 2.31. The van der Waals surface area contributed by atoms with Crippen molar-refractivity contribution in [3.05, 3.63) is 66.9 Å². The summed E-state index contributed by atoms with van der Waals surface area (Å²) >= 11 is 0. The van der Waals surface area contributed by atoms with Crippen molar-refractivity contribution in [2.75, 3.05) is 18.0 Å². The Morgan fingerprint density at radius 3 is 3.00 bits per heavy atom. The second kappa shape index (κ2) is 6.83. The summed E-state index contributed by atoms with van der Waals surface area (Å²) in [5, 5.41) is 1.08. The summed E-state index contributed by atoms with van der Waals surface area (Å²) < 4.78 is 2.22. The number of rotatable bonds is 4. The van der Waals surface area contributed by atoms with E-state index in [1.165, 1.54) is 0 Å². The molecule has 5 heterocycles. The van der Waals surface area contributed by atoms with Crippen LogP contribution in [0.1, 0.15) is 30.3 Å². The van der Waals surface area contributed by atoms with Gasteiger partial charge in [-0.2, -0.15) is 0 Å². The van der Waals surface area contributed by atoms with Gasteiger partial charge in [0.1, 0.15) is 23.6 Å². The average Bonchev–Trinajstić information content (AvgIpc) is 3.38. The number of H-pyrrole nitrogens is 1. The zero-order valence-corrected chi connectivity index (χ0v) is 15.0. The summed E-state index contributed by atoms with van der Waals surface area (Å²) in [6, 6.07) is 8.08. The predicted molar refractivity (Wildman–Crippen MR) is 104 cm³/mol. The Morgan fingerprint density at radius 1 is 1.07 bits per heavy atom. The first-order chi connectivity index (χ1) is 13.4. The summed E-state index contributed by atoms with van der Waals surface area (Å²) in [4.78, 5) is 23.6. The second-order valence-corrected chi connectivity index (χ2v) is 6.96. The normalized spacial score (nSPS) is 17.5. The van der Waals surface area contributed by atoms with E-state index in [1.54, 1.807) is 6.33 Å². The van der Waals surface area contributed by atoms with E-state index in [2.05, 4.69) is 52.7 Å². The van der Waals surface area contributed by atoms with Gasteiger partial charge in [0.15, 0.2) is 0 Å². The molecule has 27 heavy (non-hydrogen) atoms. The van der Waals surface area contributed by atoms with Crippen LogP contribution >= 0.6 is 0 Å². The number of nitrogens with one attached hydrogen (secondary N) is 1. The van der Waals surface area contributed by atoms with Gasteiger partial charge in [-0.05, 0) is 31.0 Å². The Bertz CT molecular complexity index is 1040. The van der Waals surface area contributed by atoms with Gasteiger partial charge in [-0.25, -0.2) is 15.0 Å². The number of imidazole rings is 1. The molecule has 1 aliphatic heterocycles. The third-order valence-electron chi connectivity index (χ3n) is 5.23. The lowest BCUT2D eigenvalue weighted by Gasteiger charge is -2.33. The third kappa shape index (κ3) is 3.05. The molecule has 1 N–H and O–H groups in total. The predicted octanol–water partition coefficient (Wildman–Crippen LogP) is 2.98. The van der Waals surface area contributed by atoms with Crippen LogP contribution in [0.15, 0.2) is 55.4 Å². The van der Waals surface area contributed by atoms with Crippen LogP contribution in [0.5, 0.6) is 0 Å². The smallest absolute Gasteiger partial charge is 0.142 e. The standard InChI is InChI=1S/C20H21N7/c1-2-7-21-16(5-1)13-27-11-9-23-19(27)15-4-3-10-26(12-15)20-17-6-8-22-18(17)24-14-25-20/h1-2,5-9,11,14-15H,3-4,10,12-13H2,(H,22,24,25). The molecular weight excluding hydrogens is 338 g/mol. The van der Waals surface area contributed by atoms with E-state index in [-0.39, 0.29) is 0 Å². The monoisotopic (exact) mass is 359 g/mol. The first kappa shape index (κ1) is 16.0. The number of hydrogen-bond acceptors (Lipinski definition) is 5. The molecule has 4 aromatic heterocycles. The Kier molecular flexibility index (Phi) is 4.04. The molecule has 0 amide bonds. The molecule has 1 aliphatic rings. The van der Waals surface area contributed by atoms with E-state index in [4.69, 9.17) is 0 Å². The second-order valence-electron chi connectivity index (χ2n) is 6.96. The lowest BCUT2D eigenvalue weighted by atomic mass is 9.97. The zero-order valence-electron chi connectivity index (χ0n) is 15.0.